The second-order valence-corrected chi connectivity index (χ2v) is 4.60. The smallest absolute Gasteiger partial charge is 0.145 e. The summed E-state index contributed by atoms with van der Waals surface area (Å²) in [5.41, 5.74) is 2.28. The summed E-state index contributed by atoms with van der Waals surface area (Å²) in [5, 5.41) is 0. The average molecular weight is 275 g/mol. The van der Waals surface area contributed by atoms with Gasteiger partial charge in [-0.15, -0.1) is 0 Å². The second kappa shape index (κ2) is 4.91. The molecule has 0 N–H and O–H groups in total. The summed E-state index contributed by atoms with van der Waals surface area (Å²) < 4.78 is 42.1. The molecule has 4 aromatic rings. The summed E-state index contributed by atoms with van der Waals surface area (Å²) in [4.78, 5) is 4.65. The fourth-order valence-corrected chi connectivity index (χ4v) is 2.39. The summed E-state index contributed by atoms with van der Waals surface area (Å²) >= 11 is 0. The first kappa shape index (κ1) is 7.79. The summed E-state index contributed by atoms with van der Waals surface area (Å²) in [5.74, 6) is 0.533. The highest BCUT2D eigenvalue weighted by Crippen LogP contribution is 2.28. The maximum Gasteiger partial charge on any atom is 0.145 e. The third-order valence-electron chi connectivity index (χ3n) is 3.30. The van der Waals surface area contributed by atoms with E-state index in [0.717, 1.165) is 5.56 Å². The summed E-state index contributed by atoms with van der Waals surface area (Å²) in [6, 6.07) is 15.1. The Balaban J connectivity index is 2.17. The van der Waals surface area contributed by atoms with Gasteiger partial charge in [-0.25, -0.2) is 4.98 Å². The lowest BCUT2D eigenvalue weighted by Crippen LogP contribution is -1.96. The molecule has 0 saturated carbocycles. The molecule has 3 aromatic carbocycles. The zero-order valence-corrected chi connectivity index (χ0v) is 11.1. The molecular formula is C19H14N2. The highest BCUT2D eigenvalue weighted by atomic mass is 15.1. The number of benzene rings is 3. The zero-order chi connectivity index (χ0) is 18.4. The van der Waals surface area contributed by atoms with Gasteiger partial charge in [-0.2, -0.15) is 0 Å². The lowest BCUT2D eigenvalue weighted by molar-refractivity contribution is 1.10. The van der Waals surface area contributed by atoms with Crippen molar-refractivity contribution in [3.05, 3.63) is 84.8 Å². The van der Waals surface area contributed by atoms with Gasteiger partial charge in [0.15, 0.2) is 0 Å². The van der Waals surface area contributed by atoms with Crippen molar-refractivity contribution in [2.45, 2.75) is 0 Å². The molecule has 0 aliphatic carbocycles. The van der Waals surface area contributed by atoms with E-state index >= 15 is 0 Å². The standard InChI is InChI=1S/C19H14N2/c1-3-9-15(10-4-1)19-20-17-13-7-8-14-18(17)21(19)16-11-5-2-6-12-16/h1-14H/i2D,5D,6D,11D,12D. The molecule has 0 atom stereocenters. The number of nitrogens with zero attached hydrogens (tertiary/aromatic N) is 2. The van der Waals surface area contributed by atoms with Gasteiger partial charge in [-0.3, -0.25) is 4.57 Å². The van der Waals surface area contributed by atoms with Crippen LogP contribution in [0.1, 0.15) is 6.85 Å². The fourth-order valence-electron chi connectivity index (χ4n) is 2.39. The molecule has 2 nitrogen and oxygen atoms in total. The minimum Gasteiger partial charge on any atom is -0.292 e. The number of hydrogen-bond donors (Lipinski definition) is 0. The van der Waals surface area contributed by atoms with Crippen LogP contribution in [0.15, 0.2) is 84.8 Å². The quantitative estimate of drug-likeness (QED) is 0.519. The molecule has 1 aromatic heterocycles. The van der Waals surface area contributed by atoms with Gasteiger partial charge in [-0.05, 0) is 24.2 Å². The molecule has 2 heteroatoms. The second-order valence-electron chi connectivity index (χ2n) is 4.60. The van der Waals surface area contributed by atoms with Gasteiger partial charge < -0.3 is 0 Å². The molecule has 0 radical (unpaired) electrons. The van der Waals surface area contributed by atoms with Gasteiger partial charge in [0, 0.05) is 11.3 Å². The van der Waals surface area contributed by atoms with Crippen LogP contribution in [-0.2, 0) is 0 Å². The fraction of sp³-hybridized carbons (Fsp3) is 0. The molecule has 0 bridgehead atoms. The van der Waals surface area contributed by atoms with Crippen LogP contribution in [0.3, 0.4) is 0 Å². The van der Waals surface area contributed by atoms with Crippen LogP contribution in [0.25, 0.3) is 28.1 Å². The molecule has 0 aliphatic rings. The van der Waals surface area contributed by atoms with E-state index in [9.17, 15) is 0 Å². The maximum atomic E-state index is 8.32. The van der Waals surface area contributed by atoms with Crippen molar-refractivity contribution in [3.63, 3.8) is 0 Å². The van der Waals surface area contributed by atoms with Gasteiger partial charge in [0.05, 0.1) is 17.9 Å². The monoisotopic (exact) mass is 275 g/mol. The largest absolute Gasteiger partial charge is 0.292 e. The number of fused-ring (bicyclic) bond motifs is 1. The van der Waals surface area contributed by atoms with Gasteiger partial charge in [0.25, 0.3) is 0 Å². The lowest BCUT2D eigenvalue weighted by atomic mass is 10.2. The third kappa shape index (κ3) is 2.01. The van der Waals surface area contributed by atoms with Crippen molar-refractivity contribution in [1.82, 2.24) is 9.55 Å². The predicted octanol–water partition coefficient (Wildman–Crippen LogP) is 4.69. The normalized spacial score (nSPS) is 14.2. The first-order valence-electron chi connectivity index (χ1n) is 9.11. The van der Waals surface area contributed by atoms with E-state index in [1.807, 2.05) is 54.6 Å². The molecule has 0 spiro atoms. The third-order valence-corrected chi connectivity index (χ3v) is 3.30. The molecular weight excluding hydrogens is 256 g/mol. The summed E-state index contributed by atoms with van der Waals surface area (Å²) in [6.45, 7) is 0. The number of imidazole rings is 1. The van der Waals surface area contributed by atoms with Crippen LogP contribution < -0.4 is 0 Å². The van der Waals surface area contributed by atoms with E-state index in [-0.39, 0.29) is 29.9 Å². The van der Waals surface area contributed by atoms with Crippen molar-refractivity contribution >= 4 is 11.0 Å². The minimum atomic E-state index is -0.408. The molecule has 0 amide bonds. The van der Waals surface area contributed by atoms with Gasteiger partial charge in [0.1, 0.15) is 5.82 Å². The number of hydrogen-bond acceptors (Lipinski definition) is 1. The SMILES string of the molecule is [2H]c1c([2H])c([2H])c(-n2c(-c3ccccc3)nc3ccccc32)c([2H])c1[2H]. The predicted molar refractivity (Wildman–Crippen MR) is 86.5 cm³/mol. The van der Waals surface area contributed by atoms with Gasteiger partial charge in [-0.1, -0.05) is 60.6 Å². The van der Waals surface area contributed by atoms with E-state index in [4.69, 9.17) is 6.85 Å². The van der Waals surface area contributed by atoms with Crippen molar-refractivity contribution in [2.75, 3.05) is 0 Å². The van der Waals surface area contributed by atoms with E-state index in [0.29, 0.717) is 16.9 Å². The van der Waals surface area contributed by atoms with Crippen LogP contribution >= 0.6 is 0 Å². The minimum absolute atomic E-state index is 0.101. The van der Waals surface area contributed by atoms with Gasteiger partial charge in [0.2, 0.25) is 0 Å². The summed E-state index contributed by atoms with van der Waals surface area (Å²) in [7, 11) is 0. The van der Waals surface area contributed by atoms with Crippen molar-refractivity contribution < 1.29 is 6.85 Å². The van der Waals surface area contributed by atoms with Crippen LogP contribution in [0.2, 0.25) is 0 Å². The first-order chi connectivity index (χ1) is 12.5. The molecule has 0 saturated heterocycles. The van der Waals surface area contributed by atoms with Crippen LogP contribution in [0, 0.1) is 0 Å². The Kier molecular flexibility index (Phi) is 1.82. The van der Waals surface area contributed by atoms with Gasteiger partial charge >= 0.3 is 0 Å². The topological polar surface area (TPSA) is 17.8 Å². The van der Waals surface area contributed by atoms with Crippen molar-refractivity contribution in [2.24, 2.45) is 0 Å². The van der Waals surface area contributed by atoms with E-state index in [2.05, 4.69) is 4.98 Å². The van der Waals surface area contributed by atoms with Crippen LogP contribution in [0.4, 0.5) is 0 Å². The highest BCUT2D eigenvalue weighted by molar-refractivity contribution is 5.83. The van der Waals surface area contributed by atoms with Crippen molar-refractivity contribution in [3.8, 4) is 17.1 Å². The molecule has 0 unspecified atom stereocenters. The Morgan fingerprint density at radius 2 is 1.52 bits per heavy atom. The van der Waals surface area contributed by atoms with Crippen LogP contribution in [0.5, 0.6) is 0 Å². The Hall–Kier alpha value is -2.87. The van der Waals surface area contributed by atoms with Crippen molar-refractivity contribution in [1.29, 1.82) is 0 Å². The molecule has 4 rings (SSSR count). The molecule has 0 fully saturated rings. The lowest BCUT2D eigenvalue weighted by Gasteiger charge is -2.09. The van der Waals surface area contributed by atoms with E-state index < -0.39 is 6.04 Å². The Morgan fingerprint density at radius 1 is 0.810 bits per heavy atom. The van der Waals surface area contributed by atoms with Crippen LogP contribution in [-0.4, -0.2) is 9.55 Å². The van der Waals surface area contributed by atoms with E-state index in [1.54, 1.807) is 4.57 Å². The Bertz CT molecular complexity index is 1110. The molecule has 1 heterocycles. The average Bonchev–Trinajstić information content (AvgIpc) is 3.05. The molecule has 0 aliphatic heterocycles. The Morgan fingerprint density at radius 3 is 2.33 bits per heavy atom. The highest BCUT2D eigenvalue weighted by Gasteiger charge is 2.13. The number of para-hydroxylation sites is 3. The first-order valence-corrected chi connectivity index (χ1v) is 6.61. The number of rotatable bonds is 2. The van der Waals surface area contributed by atoms with E-state index in [1.165, 1.54) is 0 Å². The summed E-state index contributed by atoms with van der Waals surface area (Å²) in [6.07, 6.45) is 0. The number of aromatic nitrogens is 2. The molecule has 100 valence electrons. The zero-order valence-electron chi connectivity index (χ0n) is 16.1. The molecule has 21 heavy (non-hydrogen) atoms. The maximum absolute atomic E-state index is 8.32. The Labute approximate surface area is 130 Å².